The van der Waals surface area contributed by atoms with Gasteiger partial charge in [-0.1, -0.05) is 0 Å². The minimum absolute atomic E-state index is 0.121. The molecular formula is C23H16N2O8. The van der Waals surface area contributed by atoms with Gasteiger partial charge in [0.25, 0.3) is 17.4 Å². The van der Waals surface area contributed by atoms with Crippen molar-refractivity contribution in [3.8, 4) is 0 Å². The number of anilines is 1. The molecule has 1 fully saturated rings. The molecule has 166 valence electrons. The van der Waals surface area contributed by atoms with Gasteiger partial charge in [-0.05, 0) is 48.5 Å². The third kappa shape index (κ3) is 3.74. The predicted molar refractivity (Wildman–Crippen MR) is 114 cm³/mol. The number of hydrogen-bond donors (Lipinski definition) is 1. The minimum atomic E-state index is -1.10. The summed E-state index contributed by atoms with van der Waals surface area (Å²) in [6, 6.07) is 12.8. The van der Waals surface area contributed by atoms with Gasteiger partial charge >= 0.3 is 5.97 Å². The predicted octanol–water partition coefficient (Wildman–Crippen LogP) is 3.60. The number of nitrogens with zero attached hydrogens (tertiary/aromatic N) is 2. The van der Waals surface area contributed by atoms with Crippen molar-refractivity contribution in [3.05, 3.63) is 99.5 Å². The third-order valence-corrected chi connectivity index (χ3v) is 5.18. The van der Waals surface area contributed by atoms with Crippen LogP contribution in [-0.2, 0) is 14.3 Å². The summed E-state index contributed by atoms with van der Waals surface area (Å²) < 4.78 is 10.1. The summed E-state index contributed by atoms with van der Waals surface area (Å²) in [7, 11) is 1.24. The highest BCUT2D eigenvalue weighted by Crippen LogP contribution is 2.42. The minimum Gasteiger partial charge on any atom is -0.507 e. The van der Waals surface area contributed by atoms with Gasteiger partial charge < -0.3 is 14.3 Å². The normalized spacial score (nSPS) is 17.2. The molecule has 1 saturated heterocycles. The Labute approximate surface area is 186 Å². The molecule has 0 saturated carbocycles. The zero-order valence-electron chi connectivity index (χ0n) is 17.1. The third-order valence-electron chi connectivity index (χ3n) is 5.18. The van der Waals surface area contributed by atoms with Crippen molar-refractivity contribution in [1.29, 1.82) is 0 Å². The first-order valence-corrected chi connectivity index (χ1v) is 9.61. The molecule has 0 spiro atoms. The van der Waals surface area contributed by atoms with Crippen molar-refractivity contribution in [2.45, 2.75) is 6.04 Å². The molecule has 1 atom stereocenters. The van der Waals surface area contributed by atoms with Crippen LogP contribution in [0, 0.1) is 10.1 Å². The maximum atomic E-state index is 13.0. The van der Waals surface area contributed by atoms with Crippen molar-refractivity contribution < 1.29 is 33.6 Å². The largest absolute Gasteiger partial charge is 0.507 e. The first-order chi connectivity index (χ1) is 15.8. The molecule has 0 radical (unpaired) electrons. The molecule has 1 aromatic heterocycles. The van der Waals surface area contributed by atoms with Gasteiger partial charge in [-0.2, -0.15) is 0 Å². The molecule has 1 N–H and O–H groups in total. The van der Waals surface area contributed by atoms with Crippen LogP contribution < -0.4 is 4.90 Å². The highest BCUT2D eigenvalue weighted by molar-refractivity contribution is 6.51. The van der Waals surface area contributed by atoms with E-state index < -0.39 is 34.4 Å². The number of esters is 1. The van der Waals surface area contributed by atoms with Gasteiger partial charge in [0.05, 0.1) is 29.4 Å². The van der Waals surface area contributed by atoms with Crippen LogP contribution in [0.15, 0.2) is 76.9 Å². The Morgan fingerprint density at radius 2 is 1.70 bits per heavy atom. The summed E-state index contributed by atoms with van der Waals surface area (Å²) >= 11 is 0. The van der Waals surface area contributed by atoms with Gasteiger partial charge in [-0.25, -0.2) is 4.79 Å². The number of ether oxygens (including phenoxy) is 1. The fourth-order valence-electron chi connectivity index (χ4n) is 3.59. The number of ketones is 1. The summed E-state index contributed by atoms with van der Waals surface area (Å²) in [6.07, 6.45) is 1.36. The highest BCUT2D eigenvalue weighted by atomic mass is 16.6. The summed E-state index contributed by atoms with van der Waals surface area (Å²) in [4.78, 5) is 49.1. The quantitative estimate of drug-likeness (QED) is 0.156. The Morgan fingerprint density at radius 3 is 2.24 bits per heavy atom. The standard InChI is InChI=1S/C23H16N2O8/c1-32-23(29)14-6-8-15(9-7-14)24-19(17-3-2-12-33-17)18(21(27)22(24)28)20(26)13-4-10-16(11-5-13)25(30)31/h2-12,19,26H,1H3/b20-18-. The average molecular weight is 448 g/mol. The molecule has 1 amide bonds. The Hall–Kier alpha value is -4.73. The number of nitro groups is 1. The molecule has 4 rings (SSSR count). The van der Waals surface area contributed by atoms with E-state index in [9.17, 15) is 29.6 Å². The van der Waals surface area contributed by atoms with Crippen LogP contribution in [0.3, 0.4) is 0 Å². The second-order valence-corrected chi connectivity index (χ2v) is 7.03. The van der Waals surface area contributed by atoms with Gasteiger partial charge in [0.1, 0.15) is 17.6 Å². The van der Waals surface area contributed by atoms with E-state index in [2.05, 4.69) is 4.74 Å². The number of Topliss-reactive ketones (excluding diaryl/α,β-unsaturated/α-hetero) is 1. The van der Waals surface area contributed by atoms with Crippen molar-refractivity contribution in [3.63, 3.8) is 0 Å². The number of aliphatic hydroxyl groups excluding tert-OH is 1. The van der Waals surface area contributed by atoms with Gasteiger partial charge in [0.15, 0.2) is 0 Å². The van der Waals surface area contributed by atoms with Crippen LogP contribution in [0.1, 0.15) is 27.7 Å². The van der Waals surface area contributed by atoms with Gasteiger partial charge in [-0.3, -0.25) is 24.6 Å². The van der Waals surface area contributed by atoms with Gasteiger partial charge in [-0.15, -0.1) is 0 Å². The van der Waals surface area contributed by atoms with E-state index in [1.54, 1.807) is 12.1 Å². The lowest BCUT2D eigenvalue weighted by atomic mass is 9.99. The van der Waals surface area contributed by atoms with Crippen molar-refractivity contribution >= 4 is 34.8 Å². The maximum Gasteiger partial charge on any atom is 0.337 e. The molecule has 2 aromatic carbocycles. The first-order valence-electron chi connectivity index (χ1n) is 9.61. The number of rotatable bonds is 5. The van der Waals surface area contributed by atoms with Crippen molar-refractivity contribution in [2.24, 2.45) is 0 Å². The zero-order valence-corrected chi connectivity index (χ0v) is 17.1. The second kappa shape index (κ2) is 8.42. The summed E-state index contributed by atoms with van der Waals surface area (Å²) in [6.45, 7) is 0. The van der Waals surface area contributed by atoms with Crippen LogP contribution in [0.5, 0.6) is 0 Å². The number of furan rings is 1. The smallest absolute Gasteiger partial charge is 0.337 e. The maximum absolute atomic E-state index is 13.0. The molecule has 0 bridgehead atoms. The number of nitro benzene ring substituents is 1. The molecule has 2 heterocycles. The van der Waals surface area contributed by atoms with Crippen LogP contribution in [0.4, 0.5) is 11.4 Å². The van der Waals surface area contributed by atoms with Crippen molar-refractivity contribution in [1.82, 2.24) is 0 Å². The van der Waals surface area contributed by atoms with Crippen LogP contribution in [0.25, 0.3) is 5.76 Å². The second-order valence-electron chi connectivity index (χ2n) is 7.03. The zero-order chi connectivity index (χ0) is 23.7. The van der Waals surface area contributed by atoms with E-state index in [0.29, 0.717) is 0 Å². The molecule has 3 aromatic rings. The lowest BCUT2D eigenvalue weighted by molar-refractivity contribution is -0.384. The topological polar surface area (TPSA) is 140 Å². The van der Waals surface area contributed by atoms with Crippen LogP contribution in [0.2, 0.25) is 0 Å². The lowest BCUT2D eigenvalue weighted by Crippen LogP contribution is -2.29. The molecule has 10 nitrogen and oxygen atoms in total. The number of hydrogen-bond acceptors (Lipinski definition) is 8. The molecular weight excluding hydrogens is 432 g/mol. The Kier molecular flexibility index (Phi) is 5.49. The Morgan fingerprint density at radius 1 is 1.06 bits per heavy atom. The molecule has 1 aliphatic heterocycles. The highest BCUT2D eigenvalue weighted by Gasteiger charge is 2.48. The molecule has 1 unspecified atom stereocenters. The summed E-state index contributed by atoms with van der Waals surface area (Å²) in [5.74, 6) is -2.72. The van der Waals surface area contributed by atoms with E-state index in [-0.39, 0.29) is 33.8 Å². The number of carbonyl (C=O) groups is 3. The molecule has 10 heteroatoms. The fraction of sp³-hybridized carbons (Fsp3) is 0.0870. The van der Waals surface area contributed by atoms with Crippen LogP contribution in [-0.4, -0.2) is 34.8 Å². The summed E-state index contributed by atoms with van der Waals surface area (Å²) in [5.41, 5.74) is 0.226. The average Bonchev–Trinajstić information content (AvgIpc) is 3.45. The fourth-order valence-corrected chi connectivity index (χ4v) is 3.59. The Balaban J connectivity index is 1.83. The SMILES string of the molecule is COC(=O)c1ccc(N2C(=O)C(=O)/C(=C(\O)c3ccc([N+](=O)[O-])cc3)C2c2ccco2)cc1. The number of benzene rings is 2. The first kappa shape index (κ1) is 21.5. The lowest BCUT2D eigenvalue weighted by Gasteiger charge is -2.23. The number of aliphatic hydroxyl groups is 1. The van der Waals surface area contributed by atoms with Gasteiger partial charge in [0, 0.05) is 23.4 Å². The van der Waals surface area contributed by atoms with Crippen molar-refractivity contribution in [2.75, 3.05) is 12.0 Å². The van der Waals surface area contributed by atoms with Crippen LogP contribution >= 0.6 is 0 Å². The number of carbonyl (C=O) groups excluding carboxylic acids is 3. The van der Waals surface area contributed by atoms with E-state index >= 15 is 0 Å². The summed E-state index contributed by atoms with van der Waals surface area (Å²) in [5, 5.41) is 21.8. The van der Waals surface area contributed by atoms with Gasteiger partial charge in [0.2, 0.25) is 0 Å². The molecule has 1 aliphatic rings. The monoisotopic (exact) mass is 448 g/mol. The van der Waals surface area contributed by atoms with E-state index in [1.165, 1.54) is 61.9 Å². The van der Waals surface area contributed by atoms with E-state index in [0.717, 1.165) is 4.90 Å². The molecule has 33 heavy (non-hydrogen) atoms. The number of methoxy groups -OCH3 is 1. The number of non-ortho nitro benzene ring substituents is 1. The van der Waals surface area contributed by atoms with E-state index in [1.807, 2.05) is 0 Å². The molecule has 0 aliphatic carbocycles. The van der Waals surface area contributed by atoms with E-state index in [4.69, 9.17) is 4.42 Å². The Bertz CT molecular complexity index is 1280. The number of amides is 1.